The van der Waals surface area contributed by atoms with Crippen LogP contribution in [0.2, 0.25) is 6.04 Å². The molecule has 5 heteroatoms. The van der Waals surface area contributed by atoms with Gasteiger partial charge in [-0.1, -0.05) is 40.0 Å². The molecule has 0 atom stereocenters. The lowest BCUT2D eigenvalue weighted by molar-refractivity contribution is 0.0569. The van der Waals surface area contributed by atoms with Crippen LogP contribution in [0.4, 0.5) is 0 Å². The maximum atomic E-state index is 6.02. The fourth-order valence-corrected chi connectivity index (χ4v) is 4.04. The van der Waals surface area contributed by atoms with Gasteiger partial charge in [0.1, 0.15) is 0 Å². The summed E-state index contributed by atoms with van der Waals surface area (Å²) >= 11 is 0. The standard InChI is InChI=1S/C14H33NO3Si/c1-4-7-11-16-19(14-10-15,17-12-8-5-2)18-13-9-6-3/h4-15H2,1-3H3. The third-order valence-corrected chi connectivity index (χ3v) is 5.74. The quantitative estimate of drug-likeness (QED) is 0.394. The fourth-order valence-electron chi connectivity index (χ4n) is 1.63. The van der Waals surface area contributed by atoms with Gasteiger partial charge in [-0.3, -0.25) is 0 Å². The van der Waals surface area contributed by atoms with E-state index in [2.05, 4.69) is 20.8 Å². The van der Waals surface area contributed by atoms with Gasteiger partial charge in [-0.15, -0.1) is 0 Å². The molecule has 0 aliphatic heterocycles. The van der Waals surface area contributed by atoms with Gasteiger partial charge in [-0.2, -0.15) is 0 Å². The molecule has 19 heavy (non-hydrogen) atoms. The predicted molar refractivity (Wildman–Crippen MR) is 82.2 cm³/mol. The van der Waals surface area contributed by atoms with Crippen molar-refractivity contribution < 1.29 is 13.3 Å². The Morgan fingerprint density at radius 3 is 1.37 bits per heavy atom. The molecule has 0 saturated heterocycles. The van der Waals surface area contributed by atoms with Crippen molar-refractivity contribution in [1.29, 1.82) is 0 Å². The van der Waals surface area contributed by atoms with E-state index in [1.165, 1.54) is 0 Å². The summed E-state index contributed by atoms with van der Waals surface area (Å²) in [5, 5.41) is 0. The van der Waals surface area contributed by atoms with Crippen molar-refractivity contribution in [3.05, 3.63) is 0 Å². The molecule has 0 aromatic rings. The molecule has 0 saturated carbocycles. The number of rotatable bonds is 14. The second kappa shape index (κ2) is 13.1. The first-order valence-corrected chi connectivity index (χ1v) is 9.79. The van der Waals surface area contributed by atoms with Crippen LogP contribution in [0.1, 0.15) is 59.3 Å². The fraction of sp³-hybridized carbons (Fsp3) is 1.00. The highest BCUT2D eigenvalue weighted by molar-refractivity contribution is 6.60. The molecule has 0 aromatic carbocycles. The van der Waals surface area contributed by atoms with Crippen molar-refractivity contribution in [2.45, 2.75) is 65.3 Å². The largest absolute Gasteiger partial charge is 0.502 e. The van der Waals surface area contributed by atoms with Gasteiger partial charge in [0, 0.05) is 25.9 Å². The number of unbranched alkanes of at least 4 members (excludes halogenated alkanes) is 3. The maximum Gasteiger partial charge on any atom is 0.502 e. The van der Waals surface area contributed by atoms with Crippen molar-refractivity contribution >= 4 is 8.80 Å². The smallest absolute Gasteiger partial charge is 0.373 e. The van der Waals surface area contributed by atoms with E-state index in [0.717, 1.165) is 64.4 Å². The molecule has 4 nitrogen and oxygen atoms in total. The average Bonchev–Trinajstić information content (AvgIpc) is 2.40. The highest BCUT2D eigenvalue weighted by atomic mass is 28.4. The van der Waals surface area contributed by atoms with E-state index in [1.807, 2.05) is 0 Å². The molecular formula is C14H33NO3Si. The maximum absolute atomic E-state index is 6.02. The second-order valence-electron chi connectivity index (χ2n) is 4.83. The van der Waals surface area contributed by atoms with Crippen LogP contribution in [0.5, 0.6) is 0 Å². The molecule has 0 aliphatic rings. The zero-order chi connectivity index (χ0) is 14.4. The Balaban J connectivity index is 4.37. The second-order valence-corrected chi connectivity index (χ2v) is 7.56. The zero-order valence-electron chi connectivity index (χ0n) is 13.1. The van der Waals surface area contributed by atoms with Crippen molar-refractivity contribution in [1.82, 2.24) is 0 Å². The zero-order valence-corrected chi connectivity index (χ0v) is 14.1. The van der Waals surface area contributed by atoms with Crippen molar-refractivity contribution in [2.24, 2.45) is 5.73 Å². The summed E-state index contributed by atoms with van der Waals surface area (Å²) in [6.07, 6.45) is 6.51. The first-order chi connectivity index (χ1) is 9.24. The Hall–Kier alpha value is 0.0569. The van der Waals surface area contributed by atoms with Crippen molar-refractivity contribution in [3.63, 3.8) is 0 Å². The minimum Gasteiger partial charge on any atom is -0.373 e. The van der Waals surface area contributed by atoms with Crippen molar-refractivity contribution in [2.75, 3.05) is 26.4 Å². The topological polar surface area (TPSA) is 53.7 Å². The molecule has 0 heterocycles. The van der Waals surface area contributed by atoms with Crippen LogP contribution in [-0.2, 0) is 13.3 Å². The predicted octanol–water partition coefficient (Wildman–Crippen LogP) is 3.33. The van der Waals surface area contributed by atoms with Crippen molar-refractivity contribution in [3.8, 4) is 0 Å². The normalized spacial score (nSPS) is 12.0. The summed E-state index contributed by atoms with van der Waals surface area (Å²) in [7, 11) is -2.53. The SMILES string of the molecule is CCCCO[Si](CCN)(OCCCC)OCCCC. The molecule has 2 N–H and O–H groups in total. The Labute approximate surface area is 120 Å². The molecule has 116 valence electrons. The summed E-state index contributed by atoms with van der Waals surface area (Å²) in [5.41, 5.74) is 5.72. The number of hydrogen-bond donors (Lipinski definition) is 1. The van der Waals surface area contributed by atoms with Crippen LogP contribution in [-0.4, -0.2) is 35.2 Å². The van der Waals surface area contributed by atoms with Gasteiger partial charge < -0.3 is 19.0 Å². The Bertz CT molecular complexity index is 167. The van der Waals surface area contributed by atoms with E-state index in [-0.39, 0.29) is 0 Å². The summed E-state index contributed by atoms with van der Waals surface area (Å²) in [6, 6.07) is 0.726. The molecule has 0 rings (SSSR count). The Morgan fingerprint density at radius 1 is 0.737 bits per heavy atom. The van der Waals surface area contributed by atoms with E-state index in [4.69, 9.17) is 19.0 Å². The summed E-state index contributed by atoms with van der Waals surface area (Å²) in [4.78, 5) is 0. The van der Waals surface area contributed by atoms with Gasteiger partial charge in [0.05, 0.1) is 0 Å². The van der Waals surface area contributed by atoms with Crippen LogP contribution in [0.3, 0.4) is 0 Å². The lowest BCUT2D eigenvalue weighted by atomic mass is 10.4. The van der Waals surface area contributed by atoms with E-state index in [9.17, 15) is 0 Å². The molecule has 0 amide bonds. The number of nitrogens with two attached hydrogens (primary N) is 1. The molecule has 0 bridgehead atoms. The first kappa shape index (κ1) is 19.1. The molecule has 0 spiro atoms. The van der Waals surface area contributed by atoms with Crippen LogP contribution < -0.4 is 5.73 Å². The minimum absolute atomic E-state index is 0.566. The Morgan fingerprint density at radius 2 is 1.11 bits per heavy atom. The van der Waals surface area contributed by atoms with Gasteiger partial charge in [0.25, 0.3) is 0 Å². The van der Waals surface area contributed by atoms with Gasteiger partial charge >= 0.3 is 8.80 Å². The minimum atomic E-state index is -2.53. The van der Waals surface area contributed by atoms with Gasteiger partial charge in [0.15, 0.2) is 0 Å². The third kappa shape index (κ3) is 9.57. The highest BCUT2D eigenvalue weighted by Crippen LogP contribution is 2.17. The molecule has 0 unspecified atom stereocenters. The van der Waals surface area contributed by atoms with E-state index >= 15 is 0 Å². The summed E-state index contributed by atoms with van der Waals surface area (Å²) in [6.45, 7) is 9.21. The molecule has 0 aromatic heterocycles. The number of hydrogen-bond acceptors (Lipinski definition) is 4. The first-order valence-electron chi connectivity index (χ1n) is 7.86. The van der Waals surface area contributed by atoms with Gasteiger partial charge in [-0.25, -0.2) is 0 Å². The summed E-state index contributed by atoms with van der Waals surface area (Å²) in [5.74, 6) is 0. The van der Waals surface area contributed by atoms with E-state index < -0.39 is 8.80 Å². The van der Waals surface area contributed by atoms with Crippen LogP contribution >= 0.6 is 0 Å². The Kier molecular flexibility index (Phi) is 13.1. The molecular weight excluding hydrogens is 258 g/mol. The third-order valence-electron chi connectivity index (χ3n) is 2.91. The molecule has 0 fully saturated rings. The lowest BCUT2D eigenvalue weighted by Crippen LogP contribution is -2.48. The van der Waals surface area contributed by atoms with Crippen LogP contribution in [0, 0.1) is 0 Å². The van der Waals surface area contributed by atoms with E-state index in [1.54, 1.807) is 0 Å². The molecule has 0 aliphatic carbocycles. The van der Waals surface area contributed by atoms with Crippen LogP contribution in [0.15, 0.2) is 0 Å². The van der Waals surface area contributed by atoms with Crippen LogP contribution in [0.25, 0.3) is 0 Å². The average molecular weight is 292 g/mol. The van der Waals surface area contributed by atoms with E-state index in [0.29, 0.717) is 6.54 Å². The monoisotopic (exact) mass is 291 g/mol. The lowest BCUT2D eigenvalue weighted by Gasteiger charge is -2.29. The van der Waals surface area contributed by atoms with Gasteiger partial charge in [-0.05, 0) is 25.8 Å². The molecule has 0 radical (unpaired) electrons. The highest BCUT2D eigenvalue weighted by Gasteiger charge is 2.40. The van der Waals surface area contributed by atoms with Gasteiger partial charge in [0.2, 0.25) is 0 Å². The summed E-state index contributed by atoms with van der Waals surface area (Å²) < 4.78 is 18.1.